The predicted molar refractivity (Wildman–Crippen MR) is 70.4 cm³/mol. The summed E-state index contributed by atoms with van der Waals surface area (Å²) in [5.41, 5.74) is 8.50. The smallest absolute Gasteiger partial charge is 0.235 e. The van der Waals surface area contributed by atoms with Gasteiger partial charge < -0.3 is 10.5 Å². The number of ether oxygens (including phenoxy) is 1. The molecule has 0 aliphatic rings. The summed E-state index contributed by atoms with van der Waals surface area (Å²) >= 11 is 0. The van der Waals surface area contributed by atoms with Crippen molar-refractivity contribution in [1.82, 2.24) is 14.8 Å². The van der Waals surface area contributed by atoms with E-state index in [1.165, 1.54) is 0 Å². The lowest BCUT2D eigenvalue weighted by Crippen LogP contribution is -2.07. The molecule has 0 spiro atoms. The summed E-state index contributed by atoms with van der Waals surface area (Å²) in [5, 5.41) is 4.31. The Labute approximate surface area is 107 Å². The van der Waals surface area contributed by atoms with Crippen molar-refractivity contribution in [1.29, 1.82) is 0 Å². The minimum atomic E-state index is 0.546. The van der Waals surface area contributed by atoms with Gasteiger partial charge in [0, 0.05) is 25.4 Å². The van der Waals surface area contributed by atoms with Crippen LogP contribution in [0, 0.1) is 0 Å². The highest BCUT2D eigenvalue weighted by Crippen LogP contribution is 2.24. The molecular formula is C13H18N4O. The fourth-order valence-electron chi connectivity index (χ4n) is 1.81. The van der Waals surface area contributed by atoms with Crippen molar-refractivity contribution in [2.45, 2.75) is 19.8 Å². The average Bonchev–Trinajstić information content (AvgIpc) is 2.67. The van der Waals surface area contributed by atoms with Crippen LogP contribution < -0.4 is 10.5 Å². The molecule has 0 amide bonds. The summed E-state index contributed by atoms with van der Waals surface area (Å²) in [5.74, 6) is 0.641. The molecule has 96 valence electrons. The maximum Gasteiger partial charge on any atom is 0.235 e. The molecule has 2 rings (SSSR count). The number of aromatic nitrogens is 3. The molecule has 0 bridgehead atoms. The molecule has 2 N–H and O–H groups in total. The van der Waals surface area contributed by atoms with Crippen LogP contribution >= 0.6 is 0 Å². The van der Waals surface area contributed by atoms with Crippen LogP contribution in [0.3, 0.4) is 0 Å². The van der Waals surface area contributed by atoms with Gasteiger partial charge in [0.2, 0.25) is 5.88 Å². The summed E-state index contributed by atoms with van der Waals surface area (Å²) < 4.78 is 7.38. The van der Waals surface area contributed by atoms with Crippen LogP contribution in [0.1, 0.15) is 18.3 Å². The number of aryl methyl sites for hydroxylation is 2. The average molecular weight is 246 g/mol. The normalized spacial score (nSPS) is 10.6. The third kappa shape index (κ3) is 2.61. The third-order valence-electron chi connectivity index (χ3n) is 2.76. The first-order valence-electron chi connectivity index (χ1n) is 6.06. The summed E-state index contributed by atoms with van der Waals surface area (Å²) in [6.07, 6.45) is 3.35. The van der Waals surface area contributed by atoms with Gasteiger partial charge in [-0.15, -0.1) is 0 Å². The minimum Gasteiger partial charge on any atom is -0.476 e. The zero-order chi connectivity index (χ0) is 13.0. The van der Waals surface area contributed by atoms with Crippen LogP contribution in [0.4, 0.5) is 5.69 Å². The van der Waals surface area contributed by atoms with Crippen molar-refractivity contribution >= 4 is 5.69 Å². The van der Waals surface area contributed by atoms with Gasteiger partial charge in [-0.1, -0.05) is 13.0 Å². The van der Waals surface area contributed by atoms with E-state index in [4.69, 9.17) is 10.5 Å². The van der Waals surface area contributed by atoms with E-state index in [0.717, 1.165) is 24.2 Å². The molecule has 0 unspecified atom stereocenters. The van der Waals surface area contributed by atoms with E-state index in [-0.39, 0.29) is 0 Å². The number of anilines is 1. The number of hydrogen-bond donors (Lipinski definition) is 1. The summed E-state index contributed by atoms with van der Waals surface area (Å²) in [7, 11) is 1.84. The van der Waals surface area contributed by atoms with Gasteiger partial charge in [-0.25, -0.2) is 4.68 Å². The fraction of sp³-hybridized carbons (Fsp3) is 0.385. The van der Waals surface area contributed by atoms with E-state index in [1.54, 1.807) is 10.9 Å². The van der Waals surface area contributed by atoms with Gasteiger partial charge in [0.05, 0.1) is 12.3 Å². The Balaban J connectivity index is 1.96. The molecule has 5 nitrogen and oxygen atoms in total. The zero-order valence-electron chi connectivity index (χ0n) is 10.8. The number of nitrogen functional groups attached to an aromatic ring is 1. The molecule has 0 aliphatic carbocycles. The second-order valence-electron chi connectivity index (χ2n) is 4.06. The maximum absolute atomic E-state index is 5.97. The Morgan fingerprint density at radius 2 is 2.22 bits per heavy atom. The first-order valence-corrected chi connectivity index (χ1v) is 6.06. The largest absolute Gasteiger partial charge is 0.476 e. The van der Waals surface area contributed by atoms with Crippen LogP contribution in [0.15, 0.2) is 24.4 Å². The van der Waals surface area contributed by atoms with Crippen molar-refractivity contribution in [3.8, 4) is 5.88 Å². The SMILES string of the molecule is CCc1nn(C)c(OCCc2ccccn2)c1N. The lowest BCUT2D eigenvalue weighted by atomic mass is 10.3. The second kappa shape index (κ2) is 5.53. The standard InChI is InChI=1S/C13H18N4O/c1-3-11-12(14)13(17(2)16-11)18-9-7-10-6-4-5-8-15-10/h4-6,8H,3,7,9,14H2,1-2H3. The van der Waals surface area contributed by atoms with E-state index in [1.807, 2.05) is 32.2 Å². The molecule has 0 atom stereocenters. The molecule has 5 heteroatoms. The first kappa shape index (κ1) is 12.4. The van der Waals surface area contributed by atoms with Crippen molar-refractivity contribution in [2.75, 3.05) is 12.3 Å². The predicted octanol–water partition coefficient (Wildman–Crippen LogP) is 1.58. The minimum absolute atomic E-state index is 0.546. The van der Waals surface area contributed by atoms with Crippen molar-refractivity contribution in [3.05, 3.63) is 35.8 Å². The highest BCUT2D eigenvalue weighted by atomic mass is 16.5. The van der Waals surface area contributed by atoms with Gasteiger partial charge in [-0.3, -0.25) is 4.98 Å². The Morgan fingerprint density at radius 1 is 1.39 bits per heavy atom. The topological polar surface area (TPSA) is 66.0 Å². The van der Waals surface area contributed by atoms with Gasteiger partial charge >= 0.3 is 0 Å². The molecule has 18 heavy (non-hydrogen) atoms. The Bertz CT molecular complexity index is 507. The van der Waals surface area contributed by atoms with Crippen molar-refractivity contribution in [2.24, 2.45) is 7.05 Å². The molecule has 0 saturated heterocycles. The van der Waals surface area contributed by atoms with E-state index in [2.05, 4.69) is 10.1 Å². The van der Waals surface area contributed by atoms with Crippen molar-refractivity contribution < 1.29 is 4.74 Å². The molecule has 2 heterocycles. The Kier molecular flexibility index (Phi) is 3.82. The third-order valence-corrected chi connectivity index (χ3v) is 2.76. The Hall–Kier alpha value is -2.04. The highest BCUT2D eigenvalue weighted by Gasteiger charge is 2.12. The van der Waals surface area contributed by atoms with Crippen LogP contribution in [-0.2, 0) is 19.9 Å². The molecule has 2 aromatic heterocycles. The van der Waals surface area contributed by atoms with E-state index in [9.17, 15) is 0 Å². The van der Waals surface area contributed by atoms with Crippen LogP contribution in [0.2, 0.25) is 0 Å². The second-order valence-corrected chi connectivity index (χ2v) is 4.06. The van der Waals surface area contributed by atoms with E-state index < -0.39 is 0 Å². The molecule has 0 aliphatic heterocycles. The quantitative estimate of drug-likeness (QED) is 0.870. The van der Waals surface area contributed by atoms with Gasteiger partial charge in [-0.05, 0) is 18.6 Å². The zero-order valence-corrected chi connectivity index (χ0v) is 10.8. The summed E-state index contributed by atoms with van der Waals surface area (Å²) in [6.45, 7) is 2.57. The maximum atomic E-state index is 5.97. The number of rotatable bonds is 5. The lowest BCUT2D eigenvalue weighted by molar-refractivity contribution is 0.294. The van der Waals surface area contributed by atoms with Gasteiger partial charge in [0.25, 0.3) is 0 Å². The monoisotopic (exact) mass is 246 g/mol. The molecule has 0 fully saturated rings. The van der Waals surface area contributed by atoms with E-state index >= 15 is 0 Å². The fourth-order valence-corrected chi connectivity index (χ4v) is 1.81. The van der Waals surface area contributed by atoms with E-state index in [0.29, 0.717) is 18.2 Å². The van der Waals surface area contributed by atoms with Crippen LogP contribution in [0.25, 0.3) is 0 Å². The van der Waals surface area contributed by atoms with Crippen molar-refractivity contribution in [3.63, 3.8) is 0 Å². The number of hydrogen-bond acceptors (Lipinski definition) is 4. The number of pyridine rings is 1. The first-order chi connectivity index (χ1) is 8.72. The van der Waals surface area contributed by atoms with Gasteiger partial charge in [0.15, 0.2) is 0 Å². The molecular weight excluding hydrogens is 228 g/mol. The van der Waals surface area contributed by atoms with Gasteiger partial charge in [-0.2, -0.15) is 5.10 Å². The highest BCUT2D eigenvalue weighted by molar-refractivity contribution is 5.53. The lowest BCUT2D eigenvalue weighted by Gasteiger charge is -2.06. The summed E-state index contributed by atoms with van der Waals surface area (Å²) in [4.78, 5) is 4.24. The Morgan fingerprint density at radius 3 is 2.83 bits per heavy atom. The van der Waals surface area contributed by atoms with Crippen LogP contribution in [0.5, 0.6) is 5.88 Å². The number of nitrogens with zero attached hydrogens (tertiary/aromatic N) is 3. The number of nitrogens with two attached hydrogens (primary N) is 1. The van der Waals surface area contributed by atoms with Crippen LogP contribution in [-0.4, -0.2) is 21.4 Å². The molecule has 2 aromatic rings. The van der Waals surface area contributed by atoms with Gasteiger partial charge in [0.1, 0.15) is 5.69 Å². The summed E-state index contributed by atoms with van der Waals surface area (Å²) in [6, 6.07) is 5.85. The molecule has 0 saturated carbocycles. The molecule has 0 aromatic carbocycles. The molecule has 0 radical (unpaired) electrons.